The van der Waals surface area contributed by atoms with Gasteiger partial charge in [0.05, 0.1) is 32.7 Å². The van der Waals surface area contributed by atoms with Crippen LogP contribution in [0.4, 0.5) is 0 Å². The van der Waals surface area contributed by atoms with Gasteiger partial charge in [0.15, 0.2) is 0 Å². The maximum atomic E-state index is 11.9. The molecule has 0 saturated carbocycles. The standard InChI is InChI=1S/C14H18BrN3O4/c1-22-14(21)6-11(9-3-2-4-10(15)5-9)18-13(20)8-17-12(19)7-16/h2-5,11H,6-8,16H2,1H3,(H,17,19)(H,18,20). The number of hydrogen-bond donors (Lipinski definition) is 3. The van der Waals surface area contributed by atoms with Crippen molar-refractivity contribution in [3.8, 4) is 0 Å². The lowest BCUT2D eigenvalue weighted by atomic mass is 10.0. The highest BCUT2D eigenvalue weighted by atomic mass is 79.9. The van der Waals surface area contributed by atoms with Gasteiger partial charge in [-0.1, -0.05) is 28.1 Å². The molecule has 0 radical (unpaired) electrons. The van der Waals surface area contributed by atoms with Gasteiger partial charge in [-0.05, 0) is 17.7 Å². The second-order valence-electron chi connectivity index (χ2n) is 4.44. The minimum Gasteiger partial charge on any atom is -0.469 e. The van der Waals surface area contributed by atoms with Gasteiger partial charge in [0.2, 0.25) is 11.8 Å². The predicted molar refractivity (Wildman–Crippen MR) is 83.7 cm³/mol. The average Bonchev–Trinajstić information content (AvgIpc) is 2.51. The minimum absolute atomic E-state index is 0.0104. The molecular weight excluding hydrogens is 354 g/mol. The molecule has 2 amide bonds. The van der Waals surface area contributed by atoms with Crippen LogP contribution in [0.3, 0.4) is 0 Å². The van der Waals surface area contributed by atoms with Gasteiger partial charge in [0, 0.05) is 4.47 Å². The molecule has 1 unspecified atom stereocenters. The molecule has 1 aromatic carbocycles. The van der Waals surface area contributed by atoms with E-state index < -0.39 is 23.8 Å². The lowest BCUT2D eigenvalue weighted by molar-refractivity contribution is -0.141. The number of hydrogen-bond acceptors (Lipinski definition) is 5. The molecule has 4 N–H and O–H groups in total. The summed E-state index contributed by atoms with van der Waals surface area (Å²) in [6.07, 6.45) is -0.0104. The number of halogens is 1. The van der Waals surface area contributed by atoms with Gasteiger partial charge < -0.3 is 21.1 Å². The monoisotopic (exact) mass is 371 g/mol. The molecule has 120 valence electrons. The Morgan fingerprint density at radius 2 is 2.05 bits per heavy atom. The van der Waals surface area contributed by atoms with Crippen molar-refractivity contribution in [2.24, 2.45) is 5.73 Å². The molecule has 7 nitrogen and oxygen atoms in total. The maximum Gasteiger partial charge on any atom is 0.307 e. The zero-order chi connectivity index (χ0) is 16.5. The molecule has 1 aromatic rings. The summed E-state index contributed by atoms with van der Waals surface area (Å²) in [6, 6.07) is 6.67. The maximum absolute atomic E-state index is 11.9. The van der Waals surface area contributed by atoms with Crippen LogP contribution in [0.25, 0.3) is 0 Å². The fourth-order valence-corrected chi connectivity index (χ4v) is 2.14. The van der Waals surface area contributed by atoms with Crippen LogP contribution in [0, 0.1) is 0 Å². The minimum atomic E-state index is -0.549. The molecule has 1 rings (SSSR count). The number of nitrogens with one attached hydrogen (secondary N) is 2. The Morgan fingerprint density at radius 1 is 1.32 bits per heavy atom. The Labute approximate surface area is 136 Å². The lowest BCUT2D eigenvalue weighted by Crippen LogP contribution is -2.41. The number of methoxy groups -OCH3 is 1. The van der Waals surface area contributed by atoms with Crippen molar-refractivity contribution in [3.63, 3.8) is 0 Å². The quantitative estimate of drug-likeness (QED) is 0.594. The van der Waals surface area contributed by atoms with Crippen LogP contribution in [0.5, 0.6) is 0 Å². The Hall–Kier alpha value is -1.93. The van der Waals surface area contributed by atoms with Gasteiger partial charge in [0.1, 0.15) is 0 Å². The number of ether oxygens (including phenoxy) is 1. The third kappa shape index (κ3) is 6.23. The number of rotatable bonds is 7. The highest BCUT2D eigenvalue weighted by Crippen LogP contribution is 2.21. The van der Waals surface area contributed by atoms with Crippen LogP contribution in [0.1, 0.15) is 18.0 Å². The van der Waals surface area contributed by atoms with Gasteiger partial charge in [0.25, 0.3) is 0 Å². The molecule has 0 aliphatic rings. The van der Waals surface area contributed by atoms with Gasteiger partial charge in [-0.3, -0.25) is 14.4 Å². The molecule has 0 aliphatic carbocycles. The van der Waals surface area contributed by atoms with Gasteiger partial charge in [-0.2, -0.15) is 0 Å². The Kier molecular flexibility index (Phi) is 7.55. The van der Waals surface area contributed by atoms with E-state index in [2.05, 4.69) is 31.3 Å². The van der Waals surface area contributed by atoms with Gasteiger partial charge >= 0.3 is 5.97 Å². The first-order valence-electron chi connectivity index (χ1n) is 6.54. The number of carbonyl (C=O) groups excluding carboxylic acids is 3. The van der Waals surface area contributed by atoms with Crippen LogP contribution in [-0.4, -0.2) is 38.0 Å². The molecule has 0 aromatic heterocycles. The van der Waals surface area contributed by atoms with E-state index in [0.717, 1.165) is 10.0 Å². The third-order valence-electron chi connectivity index (χ3n) is 2.82. The van der Waals surface area contributed by atoms with Crippen molar-refractivity contribution in [2.45, 2.75) is 12.5 Å². The summed E-state index contributed by atoms with van der Waals surface area (Å²) in [4.78, 5) is 34.4. The average molecular weight is 372 g/mol. The van der Waals surface area contributed by atoms with E-state index in [4.69, 9.17) is 5.73 Å². The predicted octanol–water partition coefficient (Wildman–Crippen LogP) is 0.244. The second kappa shape index (κ2) is 9.16. The van der Waals surface area contributed by atoms with Crippen molar-refractivity contribution in [1.82, 2.24) is 10.6 Å². The summed E-state index contributed by atoms with van der Waals surface area (Å²) in [6.45, 7) is -0.397. The van der Waals surface area contributed by atoms with Crippen LogP contribution in [0.2, 0.25) is 0 Å². The lowest BCUT2D eigenvalue weighted by Gasteiger charge is -2.18. The first-order valence-corrected chi connectivity index (χ1v) is 7.34. The molecule has 0 saturated heterocycles. The van der Waals surface area contributed by atoms with Crippen molar-refractivity contribution in [1.29, 1.82) is 0 Å². The number of esters is 1. The number of amides is 2. The zero-order valence-electron chi connectivity index (χ0n) is 12.1. The first kappa shape index (κ1) is 18.1. The molecule has 22 heavy (non-hydrogen) atoms. The van der Waals surface area contributed by atoms with Crippen molar-refractivity contribution in [2.75, 3.05) is 20.2 Å². The second-order valence-corrected chi connectivity index (χ2v) is 5.35. The van der Waals surface area contributed by atoms with E-state index >= 15 is 0 Å². The first-order chi connectivity index (χ1) is 10.5. The summed E-state index contributed by atoms with van der Waals surface area (Å²) < 4.78 is 5.47. The Bertz CT molecular complexity index is 551. The molecule has 0 fully saturated rings. The van der Waals surface area contributed by atoms with E-state index in [1.54, 1.807) is 18.2 Å². The molecule has 0 heterocycles. The number of benzene rings is 1. The van der Waals surface area contributed by atoms with Crippen molar-refractivity contribution >= 4 is 33.7 Å². The van der Waals surface area contributed by atoms with E-state index in [9.17, 15) is 14.4 Å². The topological polar surface area (TPSA) is 111 Å². The normalized spacial score (nSPS) is 11.4. The van der Waals surface area contributed by atoms with Crippen LogP contribution < -0.4 is 16.4 Å². The molecule has 0 aliphatic heterocycles. The fraction of sp³-hybridized carbons (Fsp3) is 0.357. The Balaban J connectivity index is 2.76. The smallest absolute Gasteiger partial charge is 0.307 e. The highest BCUT2D eigenvalue weighted by molar-refractivity contribution is 9.10. The molecule has 1 atom stereocenters. The van der Waals surface area contributed by atoms with Crippen LogP contribution >= 0.6 is 15.9 Å². The summed E-state index contributed by atoms with van der Waals surface area (Å²) >= 11 is 3.34. The highest BCUT2D eigenvalue weighted by Gasteiger charge is 2.19. The van der Waals surface area contributed by atoms with Gasteiger partial charge in [-0.15, -0.1) is 0 Å². The van der Waals surface area contributed by atoms with Crippen molar-refractivity contribution in [3.05, 3.63) is 34.3 Å². The van der Waals surface area contributed by atoms with Crippen LogP contribution in [0.15, 0.2) is 28.7 Å². The molecule has 0 bridgehead atoms. The molecule has 8 heteroatoms. The van der Waals surface area contributed by atoms with E-state index in [1.807, 2.05) is 6.07 Å². The molecule has 0 spiro atoms. The Morgan fingerprint density at radius 3 is 2.64 bits per heavy atom. The zero-order valence-corrected chi connectivity index (χ0v) is 13.7. The van der Waals surface area contributed by atoms with E-state index in [-0.39, 0.29) is 19.5 Å². The SMILES string of the molecule is COC(=O)CC(NC(=O)CNC(=O)CN)c1cccc(Br)c1. The van der Waals surface area contributed by atoms with Crippen LogP contribution in [-0.2, 0) is 19.1 Å². The largest absolute Gasteiger partial charge is 0.469 e. The summed E-state index contributed by atoms with van der Waals surface area (Å²) in [5.74, 6) is -1.30. The summed E-state index contributed by atoms with van der Waals surface area (Å²) in [5.41, 5.74) is 5.89. The number of carbonyl (C=O) groups is 3. The van der Waals surface area contributed by atoms with Crippen molar-refractivity contribution < 1.29 is 19.1 Å². The number of nitrogens with two attached hydrogens (primary N) is 1. The van der Waals surface area contributed by atoms with Gasteiger partial charge in [-0.25, -0.2) is 0 Å². The molecular formula is C14H18BrN3O4. The third-order valence-corrected chi connectivity index (χ3v) is 3.31. The summed E-state index contributed by atoms with van der Waals surface area (Å²) in [7, 11) is 1.28. The van der Waals surface area contributed by atoms with E-state index in [1.165, 1.54) is 7.11 Å². The summed E-state index contributed by atoms with van der Waals surface area (Å²) in [5, 5.41) is 5.06. The fourth-order valence-electron chi connectivity index (χ4n) is 1.72. The van der Waals surface area contributed by atoms with E-state index in [0.29, 0.717) is 0 Å².